The largest absolute Gasteiger partial charge is 0.495 e. The van der Waals surface area contributed by atoms with Crippen LogP contribution in [0.5, 0.6) is 11.5 Å². The summed E-state index contributed by atoms with van der Waals surface area (Å²) in [5, 5.41) is 2.74. The summed E-state index contributed by atoms with van der Waals surface area (Å²) in [4.78, 5) is 12.7. The lowest BCUT2D eigenvalue weighted by Crippen LogP contribution is -2.40. The van der Waals surface area contributed by atoms with E-state index in [0.717, 1.165) is 0 Å². The molecule has 1 fully saturated rings. The Morgan fingerprint density at radius 2 is 1.71 bits per heavy atom. The molecule has 0 spiro atoms. The van der Waals surface area contributed by atoms with Gasteiger partial charge in [0.25, 0.3) is 5.91 Å². The van der Waals surface area contributed by atoms with Gasteiger partial charge in [-0.05, 0) is 30.3 Å². The molecule has 9 heteroatoms. The van der Waals surface area contributed by atoms with Gasteiger partial charge in [0.05, 0.1) is 33.1 Å². The minimum absolute atomic E-state index is 0.0513. The molecule has 0 aromatic heterocycles. The number of nitrogens with zero attached hydrogens (tertiary/aromatic N) is 1. The van der Waals surface area contributed by atoms with Crippen molar-refractivity contribution in [2.45, 2.75) is 4.90 Å². The Morgan fingerprint density at radius 1 is 1.04 bits per heavy atom. The van der Waals surface area contributed by atoms with Gasteiger partial charge in [-0.2, -0.15) is 4.31 Å². The predicted molar refractivity (Wildman–Crippen MR) is 104 cm³/mol. The number of rotatable bonds is 6. The van der Waals surface area contributed by atoms with E-state index in [1.807, 2.05) is 0 Å². The highest BCUT2D eigenvalue weighted by atomic mass is 32.2. The lowest BCUT2D eigenvalue weighted by Gasteiger charge is -2.26. The van der Waals surface area contributed by atoms with Crippen LogP contribution >= 0.6 is 0 Å². The van der Waals surface area contributed by atoms with Crippen LogP contribution in [0.3, 0.4) is 0 Å². The van der Waals surface area contributed by atoms with Gasteiger partial charge in [0.15, 0.2) is 0 Å². The summed E-state index contributed by atoms with van der Waals surface area (Å²) < 4.78 is 43.1. The summed E-state index contributed by atoms with van der Waals surface area (Å²) >= 11 is 0. The van der Waals surface area contributed by atoms with E-state index in [2.05, 4.69) is 5.32 Å². The number of hydrogen-bond acceptors (Lipinski definition) is 6. The summed E-state index contributed by atoms with van der Waals surface area (Å²) in [5.41, 5.74) is 0.682. The summed E-state index contributed by atoms with van der Waals surface area (Å²) in [6.45, 7) is 1.16. The minimum atomic E-state index is -3.82. The van der Waals surface area contributed by atoms with E-state index >= 15 is 0 Å². The molecular weight excluding hydrogens is 384 g/mol. The standard InChI is InChI=1S/C19H22N2O6S/c1-25-16-6-4-3-5-15(16)20-19(22)14-7-8-17(26-2)18(13-14)28(23,24)21-9-11-27-12-10-21/h3-8,13H,9-12H2,1-2H3,(H,20,22). The predicted octanol–water partition coefficient (Wildman–Crippen LogP) is 1.98. The number of para-hydroxylation sites is 2. The van der Waals surface area contributed by atoms with Crippen LogP contribution in [0.1, 0.15) is 10.4 Å². The first kappa shape index (κ1) is 20.1. The van der Waals surface area contributed by atoms with Crippen LogP contribution in [0.2, 0.25) is 0 Å². The van der Waals surface area contributed by atoms with Gasteiger partial charge >= 0.3 is 0 Å². The van der Waals surface area contributed by atoms with Gasteiger partial charge in [-0.15, -0.1) is 0 Å². The highest BCUT2D eigenvalue weighted by Gasteiger charge is 2.30. The maximum Gasteiger partial charge on any atom is 0.255 e. The molecule has 0 radical (unpaired) electrons. The van der Waals surface area contributed by atoms with Crippen LogP contribution in [0.15, 0.2) is 47.4 Å². The molecule has 28 heavy (non-hydrogen) atoms. The molecule has 1 aliphatic rings. The fourth-order valence-corrected chi connectivity index (χ4v) is 4.48. The SMILES string of the molecule is COc1ccccc1NC(=O)c1ccc(OC)c(S(=O)(=O)N2CCOCC2)c1. The van der Waals surface area contributed by atoms with Crippen LogP contribution in [0.25, 0.3) is 0 Å². The summed E-state index contributed by atoms with van der Waals surface area (Å²) in [6.07, 6.45) is 0. The molecule has 3 rings (SSSR count). The number of methoxy groups -OCH3 is 2. The first-order chi connectivity index (χ1) is 13.5. The fourth-order valence-electron chi connectivity index (χ4n) is 2.89. The zero-order valence-corrected chi connectivity index (χ0v) is 16.5. The van der Waals surface area contributed by atoms with Crippen molar-refractivity contribution in [3.05, 3.63) is 48.0 Å². The van der Waals surface area contributed by atoms with E-state index in [4.69, 9.17) is 14.2 Å². The average Bonchev–Trinajstić information content (AvgIpc) is 2.74. The van der Waals surface area contributed by atoms with Crippen LogP contribution < -0.4 is 14.8 Å². The molecule has 1 N–H and O–H groups in total. The number of sulfonamides is 1. The van der Waals surface area contributed by atoms with Crippen molar-refractivity contribution >= 4 is 21.6 Å². The van der Waals surface area contributed by atoms with Crippen molar-refractivity contribution in [3.8, 4) is 11.5 Å². The van der Waals surface area contributed by atoms with Gasteiger partial charge in [0.1, 0.15) is 16.4 Å². The number of morpholine rings is 1. The molecule has 0 aliphatic carbocycles. The summed E-state index contributed by atoms with van der Waals surface area (Å²) in [7, 11) is -0.926. The minimum Gasteiger partial charge on any atom is -0.495 e. The van der Waals surface area contributed by atoms with Crippen LogP contribution in [0, 0.1) is 0 Å². The second-order valence-corrected chi connectivity index (χ2v) is 7.94. The van der Waals surface area contributed by atoms with E-state index in [0.29, 0.717) is 24.7 Å². The molecule has 2 aromatic carbocycles. The molecule has 0 bridgehead atoms. The molecule has 1 amide bonds. The first-order valence-corrected chi connectivity index (χ1v) is 10.1. The first-order valence-electron chi connectivity index (χ1n) is 8.67. The van der Waals surface area contributed by atoms with Crippen molar-refractivity contribution < 1.29 is 27.4 Å². The Hall–Kier alpha value is -2.62. The molecule has 0 unspecified atom stereocenters. The highest BCUT2D eigenvalue weighted by Crippen LogP contribution is 2.29. The molecule has 8 nitrogen and oxygen atoms in total. The maximum atomic E-state index is 13.0. The third-order valence-electron chi connectivity index (χ3n) is 4.37. The quantitative estimate of drug-likeness (QED) is 0.788. The van der Waals surface area contributed by atoms with Crippen molar-refractivity contribution in [2.75, 3.05) is 45.8 Å². The normalized spacial score (nSPS) is 15.1. The fraction of sp³-hybridized carbons (Fsp3) is 0.316. The highest BCUT2D eigenvalue weighted by molar-refractivity contribution is 7.89. The van der Waals surface area contributed by atoms with E-state index in [9.17, 15) is 13.2 Å². The van der Waals surface area contributed by atoms with E-state index in [1.54, 1.807) is 24.3 Å². The molecular formula is C19H22N2O6S. The van der Waals surface area contributed by atoms with Crippen LogP contribution in [-0.2, 0) is 14.8 Å². The van der Waals surface area contributed by atoms with E-state index < -0.39 is 15.9 Å². The van der Waals surface area contributed by atoms with Gasteiger partial charge in [-0.25, -0.2) is 8.42 Å². The zero-order valence-electron chi connectivity index (χ0n) is 15.7. The molecule has 1 aliphatic heterocycles. The monoisotopic (exact) mass is 406 g/mol. The number of hydrogen-bond donors (Lipinski definition) is 1. The Kier molecular flexibility index (Phi) is 6.18. The molecule has 2 aromatic rings. The summed E-state index contributed by atoms with van der Waals surface area (Å²) in [6, 6.07) is 11.3. The number of ether oxygens (including phenoxy) is 3. The van der Waals surface area contributed by atoms with Crippen LogP contribution in [-0.4, -0.2) is 59.2 Å². The third-order valence-corrected chi connectivity index (χ3v) is 6.29. The Morgan fingerprint density at radius 3 is 2.39 bits per heavy atom. The molecule has 1 heterocycles. The average molecular weight is 406 g/mol. The molecule has 150 valence electrons. The van der Waals surface area contributed by atoms with E-state index in [-0.39, 0.29) is 29.3 Å². The van der Waals surface area contributed by atoms with Gasteiger partial charge in [0, 0.05) is 18.7 Å². The van der Waals surface area contributed by atoms with E-state index in [1.165, 1.54) is 36.7 Å². The Balaban J connectivity index is 1.93. The Bertz CT molecular complexity index is 955. The van der Waals surface area contributed by atoms with Gasteiger partial charge in [0.2, 0.25) is 10.0 Å². The van der Waals surface area contributed by atoms with Crippen molar-refractivity contribution in [1.82, 2.24) is 4.31 Å². The van der Waals surface area contributed by atoms with Gasteiger partial charge < -0.3 is 19.5 Å². The second kappa shape index (κ2) is 8.59. The number of carbonyl (C=O) groups excluding carboxylic acids is 1. The van der Waals surface area contributed by atoms with Crippen LogP contribution in [0.4, 0.5) is 5.69 Å². The number of amides is 1. The number of carbonyl (C=O) groups is 1. The second-order valence-electron chi connectivity index (χ2n) is 6.04. The topological polar surface area (TPSA) is 94.2 Å². The number of nitrogens with one attached hydrogen (secondary N) is 1. The number of anilines is 1. The molecule has 0 saturated carbocycles. The van der Waals surface area contributed by atoms with Crippen molar-refractivity contribution in [1.29, 1.82) is 0 Å². The molecule has 1 saturated heterocycles. The van der Waals surface area contributed by atoms with Gasteiger partial charge in [-0.3, -0.25) is 4.79 Å². The smallest absolute Gasteiger partial charge is 0.255 e. The van der Waals surface area contributed by atoms with Crippen molar-refractivity contribution in [3.63, 3.8) is 0 Å². The zero-order chi connectivity index (χ0) is 20.1. The lowest BCUT2D eigenvalue weighted by molar-refractivity contribution is 0.0729. The van der Waals surface area contributed by atoms with Crippen molar-refractivity contribution in [2.24, 2.45) is 0 Å². The Labute approximate surface area is 164 Å². The summed E-state index contributed by atoms with van der Waals surface area (Å²) in [5.74, 6) is 0.233. The number of benzene rings is 2. The third kappa shape index (κ3) is 4.11. The maximum absolute atomic E-state index is 13.0. The lowest BCUT2D eigenvalue weighted by atomic mass is 10.2. The van der Waals surface area contributed by atoms with Gasteiger partial charge in [-0.1, -0.05) is 12.1 Å². The molecule has 0 atom stereocenters.